The average molecular weight is 357 g/mol. The molecule has 2 unspecified atom stereocenters. The Bertz CT molecular complexity index is 738. The minimum Gasteiger partial charge on any atom is -0.392 e. The van der Waals surface area contributed by atoms with E-state index in [9.17, 15) is 10.2 Å². The SMILES string of the molecule is Cc1cccc2c(C3CCN(C[C@@H](O)C4CCNCC4)CC3O)c[nH]c12. The van der Waals surface area contributed by atoms with E-state index in [1.165, 1.54) is 22.0 Å². The number of rotatable bonds is 4. The quantitative estimate of drug-likeness (QED) is 0.675. The first-order valence-corrected chi connectivity index (χ1v) is 9.99. The smallest absolute Gasteiger partial charge is 0.0736 e. The highest BCUT2D eigenvalue weighted by molar-refractivity contribution is 5.86. The molecule has 0 aliphatic carbocycles. The van der Waals surface area contributed by atoms with Crippen LogP contribution in [0.2, 0.25) is 0 Å². The van der Waals surface area contributed by atoms with Crippen molar-refractivity contribution in [2.75, 3.05) is 32.7 Å². The summed E-state index contributed by atoms with van der Waals surface area (Å²) in [6, 6.07) is 6.35. The Morgan fingerprint density at radius 1 is 1.23 bits per heavy atom. The second-order valence-electron chi connectivity index (χ2n) is 8.12. The molecule has 1 aromatic carbocycles. The zero-order chi connectivity index (χ0) is 18.1. The Morgan fingerprint density at radius 3 is 2.81 bits per heavy atom. The van der Waals surface area contributed by atoms with Gasteiger partial charge in [-0.25, -0.2) is 0 Å². The number of piperidine rings is 2. The lowest BCUT2D eigenvalue weighted by atomic mass is 9.86. The Kier molecular flexibility index (Phi) is 5.32. The van der Waals surface area contributed by atoms with Gasteiger partial charge in [0.25, 0.3) is 0 Å². The Labute approximate surface area is 155 Å². The number of aliphatic hydroxyl groups excluding tert-OH is 2. The number of β-amino-alcohol motifs (C(OH)–C–C–N with tert-alkyl or cyclic N) is 2. The van der Waals surface area contributed by atoms with Gasteiger partial charge in [0.05, 0.1) is 12.2 Å². The van der Waals surface area contributed by atoms with Gasteiger partial charge < -0.3 is 20.5 Å². The van der Waals surface area contributed by atoms with Crippen LogP contribution in [0.1, 0.15) is 36.3 Å². The monoisotopic (exact) mass is 357 g/mol. The summed E-state index contributed by atoms with van der Waals surface area (Å²) >= 11 is 0. The van der Waals surface area contributed by atoms with Crippen molar-refractivity contribution >= 4 is 10.9 Å². The Balaban J connectivity index is 1.41. The van der Waals surface area contributed by atoms with Crippen molar-refractivity contribution in [1.82, 2.24) is 15.2 Å². The number of likely N-dealkylation sites (tertiary alicyclic amines) is 1. The summed E-state index contributed by atoms with van der Waals surface area (Å²) in [5, 5.41) is 26.0. The molecule has 0 bridgehead atoms. The maximum Gasteiger partial charge on any atom is 0.0736 e. The van der Waals surface area contributed by atoms with Crippen molar-refractivity contribution in [2.45, 2.75) is 44.3 Å². The molecule has 0 saturated carbocycles. The van der Waals surface area contributed by atoms with Gasteiger partial charge in [-0.15, -0.1) is 0 Å². The third-order valence-corrected chi connectivity index (χ3v) is 6.39. The van der Waals surface area contributed by atoms with Gasteiger partial charge in [-0.3, -0.25) is 4.90 Å². The van der Waals surface area contributed by atoms with E-state index < -0.39 is 0 Å². The van der Waals surface area contributed by atoms with E-state index in [-0.39, 0.29) is 18.1 Å². The van der Waals surface area contributed by atoms with Crippen LogP contribution in [0.5, 0.6) is 0 Å². The fourth-order valence-electron chi connectivity index (χ4n) is 4.80. The van der Waals surface area contributed by atoms with Crippen LogP contribution in [0, 0.1) is 12.8 Å². The first kappa shape index (κ1) is 18.0. The van der Waals surface area contributed by atoms with E-state index in [0.29, 0.717) is 19.0 Å². The number of para-hydroxylation sites is 1. The largest absolute Gasteiger partial charge is 0.392 e. The molecule has 4 N–H and O–H groups in total. The number of fused-ring (bicyclic) bond motifs is 1. The maximum atomic E-state index is 10.8. The third-order valence-electron chi connectivity index (χ3n) is 6.39. The highest BCUT2D eigenvalue weighted by atomic mass is 16.3. The predicted molar refractivity (Wildman–Crippen MR) is 104 cm³/mol. The molecule has 2 aliphatic heterocycles. The number of H-pyrrole nitrogens is 1. The van der Waals surface area contributed by atoms with Crippen molar-refractivity contribution < 1.29 is 10.2 Å². The standard InChI is InChI=1S/C21H31N3O2/c1-14-3-2-4-17-18(11-23-21(14)17)16-7-10-24(13-20(16)26)12-19(25)15-5-8-22-9-6-15/h2-4,11,15-16,19-20,22-23,25-26H,5-10,12-13H2,1H3/t16?,19-,20?/m1/s1. The summed E-state index contributed by atoms with van der Waals surface area (Å²) in [7, 11) is 0. The lowest BCUT2D eigenvalue weighted by molar-refractivity contribution is 0.00501. The van der Waals surface area contributed by atoms with Crippen LogP contribution in [-0.4, -0.2) is 65.0 Å². The molecule has 5 nitrogen and oxygen atoms in total. The molecule has 2 saturated heterocycles. The van der Waals surface area contributed by atoms with Crippen molar-refractivity contribution in [3.8, 4) is 0 Å². The number of aryl methyl sites for hydroxylation is 1. The molecule has 0 radical (unpaired) electrons. The second-order valence-corrected chi connectivity index (χ2v) is 8.12. The number of hydrogen-bond donors (Lipinski definition) is 4. The molecule has 4 rings (SSSR count). The highest BCUT2D eigenvalue weighted by Crippen LogP contribution is 2.34. The lowest BCUT2D eigenvalue weighted by Gasteiger charge is -2.38. The van der Waals surface area contributed by atoms with E-state index in [0.717, 1.165) is 38.9 Å². The highest BCUT2D eigenvalue weighted by Gasteiger charge is 2.32. The van der Waals surface area contributed by atoms with E-state index in [4.69, 9.17) is 0 Å². The molecule has 1 aromatic heterocycles. The van der Waals surface area contributed by atoms with Gasteiger partial charge in [-0.05, 0) is 62.9 Å². The number of benzene rings is 1. The van der Waals surface area contributed by atoms with Gasteiger partial charge in [0.2, 0.25) is 0 Å². The van der Waals surface area contributed by atoms with Gasteiger partial charge in [0.1, 0.15) is 0 Å². The molecule has 0 amide bonds. The van der Waals surface area contributed by atoms with Gasteiger partial charge in [0.15, 0.2) is 0 Å². The number of aromatic amines is 1. The van der Waals surface area contributed by atoms with Gasteiger partial charge in [0, 0.05) is 36.1 Å². The zero-order valence-corrected chi connectivity index (χ0v) is 15.6. The normalized spacial score (nSPS) is 27.0. The maximum absolute atomic E-state index is 10.8. The molecule has 3 atom stereocenters. The van der Waals surface area contributed by atoms with Crippen LogP contribution >= 0.6 is 0 Å². The summed E-state index contributed by atoms with van der Waals surface area (Å²) in [5.74, 6) is 0.556. The summed E-state index contributed by atoms with van der Waals surface area (Å²) in [5.41, 5.74) is 3.65. The van der Waals surface area contributed by atoms with Gasteiger partial charge in [-0.2, -0.15) is 0 Å². The molecule has 2 aromatic rings. The second kappa shape index (κ2) is 7.69. The number of nitrogens with one attached hydrogen (secondary N) is 2. The molecule has 2 fully saturated rings. The van der Waals surface area contributed by atoms with Gasteiger partial charge >= 0.3 is 0 Å². The summed E-state index contributed by atoms with van der Waals surface area (Å²) < 4.78 is 0. The van der Waals surface area contributed by atoms with Crippen LogP contribution in [0.4, 0.5) is 0 Å². The number of hydrogen-bond acceptors (Lipinski definition) is 4. The van der Waals surface area contributed by atoms with Crippen LogP contribution in [0.3, 0.4) is 0 Å². The summed E-state index contributed by atoms with van der Waals surface area (Å²) in [4.78, 5) is 5.63. The van der Waals surface area contributed by atoms with Crippen molar-refractivity contribution in [2.24, 2.45) is 5.92 Å². The first-order chi connectivity index (χ1) is 12.6. The Hall–Kier alpha value is -1.40. The van der Waals surface area contributed by atoms with Crippen LogP contribution < -0.4 is 5.32 Å². The molecule has 26 heavy (non-hydrogen) atoms. The van der Waals surface area contributed by atoms with Crippen LogP contribution in [-0.2, 0) is 0 Å². The van der Waals surface area contributed by atoms with Crippen molar-refractivity contribution in [1.29, 1.82) is 0 Å². The summed E-state index contributed by atoms with van der Waals surface area (Å²) in [6.45, 7) is 6.39. The van der Waals surface area contributed by atoms with Crippen LogP contribution in [0.25, 0.3) is 10.9 Å². The third kappa shape index (κ3) is 3.54. The molecule has 3 heterocycles. The number of aromatic nitrogens is 1. The van der Waals surface area contributed by atoms with Crippen molar-refractivity contribution in [3.05, 3.63) is 35.5 Å². The molecular weight excluding hydrogens is 326 g/mol. The number of aliphatic hydroxyl groups is 2. The molecule has 5 heteroatoms. The molecule has 2 aliphatic rings. The number of nitrogens with zero attached hydrogens (tertiary/aromatic N) is 1. The fraction of sp³-hybridized carbons (Fsp3) is 0.619. The van der Waals surface area contributed by atoms with E-state index >= 15 is 0 Å². The minimum atomic E-state index is -0.386. The van der Waals surface area contributed by atoms with E-state index in [1.807, 2.05) is 0 Å². The van der Waals surface area contributed by atoms with E-state index in [2.05, 4.69) is 46.5 Å². The lowest BCUT2D eigenvalue weighted by Crippen LogP contribution is -2.47. The van der Waals surface area contributed by atoms with Crippen molar-refractivity contribution in [3.63, 3.8) is 0 Å². The first-order valence-electron chi connectivity index (χ1n) is 9.99. The Morgan fingerprint density at radius 2 is 2.04 bits per heavy atom. The fourth-order valence-corrected chi connectivity index (χ4v) is 4.80. The van der Waals surface area contributed by atoms with Crippen LogP contribution in [0.15, 0.2) is 24.4 Å². The molecular formula is C21H31N3O2. The average Bonchev–Trinajstić information content (AvgIpc) is 3.08. The van der Waals surface area contributed by atoms with E-state index in [1.54, 1.807) is 0 Å². The molecule has 0 spiro atoms. The zero-order valence-electron chi connectivity index (χ0n) is 15.6. The molecule has 142 valence electrons. The minimum absolute atomic E-state index is 0.165. The summed E-state index contributed by atoms with van der Waals surface area (Å²) in [6.07, 6.45) is 4.44. The van der Waals surface area contributed by atoms with Gasteiger partial charge in [-0.1, -0.05) is 18.2 Å². The predicted octanol–water partition coefficient (Wildman–Crippen LogP) is 1.99. The topological polar surface area (TPSA) is 71.5 Å².